The molecule has 0 radical (unpaired) electrons. The number of benzene rings is 1. The van der Waals surface area contributed by atoms with E-state index in [9.17, 15) is 18.0 Å². The first-order chi connectivity index (χ1) is 9.79. The lowest BCUT2D eigenvalue weighted by Gasteiger charge is -2.10. The Morgan fingerprint density at radius 2 is 1.81 bits per heavy atom. The van der Waals surface area contributed by atoms with Gasteiger partial charge in [-0.3, -0.25) is 4.79 Å². The first-order valence-corrected chi connectivity index (χ1v) is 8.12. The van der Waals surface area contributed by atoms with Crippen LogP contribution in [0.2, 0.25) is 0 Å². The molecule has 7 heteroatoms. The standard InChI is InChI=1S/C14H17NO5S/c1-9(16)10(2)20-14(17)11-3-7-13(8-4-11)21(18,19)15-12-5-6-12/h3-4,7-8,10,12,15H,5-6H2,1-2H3/t10-/m1/s1. The number of hydrogen-bond donors (Lipinski definition) is 1. The van der Waals surface area contributed by atoms with E-state index in [2.05, 4.69) is 4.72 Å². The van der Waals surface area contributed by atoms with Crippen molar-refractivity contribution < 1.29 is 22.7 Å². The summed E-state index contributed by atoms with van der Waals surface area (Å²) in [5.41, 5.74) is 0.202. The summed E-state index contributed by atoms with van der Waals surface area (Å²) in [6, 6.07) is 5.46. The summed E-state index contributed by atoms with van der Waals surface area (Å²) >= 11 is 0. The van der Waals surface area contributed by atoms with Crippen LogP contribution < -0.4 is 4.72 Å². The fourth-order valence-electron chi connectivity index (χ4n) is 1.57. The molecule has 0 aliphatic heterocycles. The van der Waals surface area contributed by atoms with Gasteiger partial charge in [-0.1, -0.05) is 0 Å². The maximum Gasteiger partial charge on any atom is 0.338 e. The van der Waals surface area contributed by atoms with Gasteiger partial charge in [0.2, 0.25) is 10.0 Å². The summed E-state index contributed by atoms with van der Waals surface area (Å²) in [4.78, 5) is 22.9. The second-order valence-corrected chi connectivity index (χ2v) is 6.79. The van der Waals surface area contributed by atoms with Crippen LogP contribution in [-0.2, 0) is 19.6 Å². The maximum atomic E-state index is 12.0. The van der Waals surface area contributed by atoms with Crippen molar-refractivity contribution in [2.45, 2.75) is 43.7 Å². The number of sulfonamides is 1. The third kappa shape index (κ3) is 4.12. The fourth-order valence-corrected chi connectivity index (χ4v) is 2.88. The van der Waals surface area contributed by atoms with Gasteiger partial charge in [-0.05, 0) is 51.0 Å². The van der Waals surface area contributed by atoms with E-state index in [1.807, 2.05) is 0 Å². The number of ketones is 1. The van der Waals surface area contributed by atoms with E-state index in [-0.39, 0.29) is 22.3 Å². The molecule has 1 aromatic rings. The highest BCUT2D eigenvalue weighted by atomic mass is 32.2. The van der Waals surface area contributed by atoms with E-state index in [1.165, 1.54) is 38.1 Å². The summed E-state index contributed by atoms with van der Waals surface area (Å²) in [6.07, 6.45) is 0.886. The van der Waals surface area contributed by atoms with Gasteiger partial charge in [-0.15, -0.1) is 0 Å². The maximum absolute atomic E-state index is 12.0. The average Bonchev–Trinajstić information content (AvgIpc) is 3.22. The second kappa shape index (κ2) is 5.95. The van der Waals surface area contributed by atoms with Gasteiger partial charge in [-0.25, -0.2) is 17.9 Å². The summed E-state index contributed by atoms with van der Waals surface area (Å²) < 4.78 is 31.4. The zero-order chi connectivity index (χ0) is 15.6. The first-order valence-electron chi connectivity index (χ1n) is 6.63. The van der Waals surface area contributed by atoms with E-state index in [0.717, 1.165) is 12.8 Å². The van der Waals surface area contributed by atoms with Crippen molar-refractivity contribution in [3.63, 3.8) is 0 Å². The van der Waals surface area contributed by atoms with Crippen molar-refractivity contribution in [3.8, 4) is 0 Å². The molecule has 0 spiro atoms. The van der Waals surface area contributed by atoms with Crippen LogP contribution in [-0.4, -0.2) is 32.3 Å². The van der Waals surface area contributed by atoms with Crippen LogP contribution in [0, 0.1) is 0 Å². The van der Waals surface area contributed by atoms with Crippen LogP contribution in [0.25, 0.3) is 0 Å². The number of Topliss-reactive ketones (excluding diaryl/α,β-unsaturated/α-hetero) is 1. The smallest absolute Gasteiger partial charge is 0.338 e. The van der Waals surface area contributed by atoms with Crippen molar-refractivity contribution in [1.82, 2.24) is 4.72 Å². The predicted molar refractivity (Wildman–Crippen MR) is 75.3 cm³/mol. The minimum absolute atomic E-state index is 0.0241. The zero-order valence-electron chi connectivity index (χ0n) is 11.8. The third-order valence-corrected chi connectivity index (χ3v) is 4.69. The van der Waals surface area contributed by atoms with Gasteiger partial charge in [0.1, 0.15) is 0 Å². The van der Waals surface area contributed by atoms with E-state index < -0.39 is 22.1 Å². The highest BCUT2D eigenvalue weighted by molar-refractivity contribution is 7.89. The molecular formula is C14H17NO5S. The van der Waals surface area contributed by atoms with Crippen molar-refractivity contribution in [3.05, 3.63) is 29.8 Å². The first kappa shape index (κ1) is 15.7. The Kier molecular flexibility index (Phi) is 4.43. The van der Waals surface area contributed by atoms with E-state index in [4.69, 9.17) is 4.74 Å². The molecule has 1 fully saturated rings. The number of carbonyl (C=O) groups is 2. The third-order valence-electron chi connectivity index (χ3n) is 3.16. The number of esters is 1. The molecule has 114 valence electrons. The summed E-state index contributed by atoms with van der Waals surface area (Å²) in [5.74, 6) is -0.909. The molecule has 1 atom stereocenters. The van der Waals surface area contributed by atoms with E-state index in [0.29, 0.717) is 0 Å². The van der Waals surface area contributed by atoms with Crippen LogP contribution in [0.1, 0.15) is 37.0 Å². The Morgan fingerprint density at radius 3 is 2.29 bits per heavy atom. The Hall–Kier alpha value is -1.73. The minimum atomic E-state index is -3.53. The molecule has 21 heavy (non-hydrogen) atoms. The Bertz CT molecular complexity index is 646. The fraction of sp³-hybridized carbons (Fsp3) is 0.429. The number of rotatable bonds is 6. The molecule has 0 amide bonds. The quantitative estimate of drug-likeness (QED) is 0.799. The molecule has 6 nitrogen and oxygen atoms in total. The highest BCUT2D eigenvalue weighted by Crippen LogP contribution is 2.22. The van der Waals surface area contributed by atoms with Crippen LogP contribution in [0.3, 0.4) is 0 Å². The molecule has 2 rings (SSSR count). The second-order valence-electron chi connectivity index (χ2n) is 5.08. The SMILES string of the molecule is CC(=O)[C@@H](C)OC(=O)c1ccc(S(=O)(=O)NC2CC2)cc1. The van der Waals surface area contributed by atoms with Crippen LogP contribution in [0.4, 0.5) is 0 Å². The highest BCUT2D eigenvalue weighted by Gasteiger charge is 2.28. The number of carbonyl (C=O) groups excluding carboxylic acids is 2. The average molecular weight is 311 g/mol. The number of hydrogen-bond acceptors (Lipinski definition) is 5. The van der Waals surface area contributed by atoms with Gasteiger partial charge >= 0.3 is 5.97 Å². The van der Waals surface area contributed by atoms with E-state index >= 15 is 0 Å². The van der Waals surface area contributed by atoms with Gasteiger partial charge in [0.05, 0.1) is 10.5 Å². The molecule has 1 aliphatic carbocycles. The Labute approximate surface area is 123 Å². The largest absolute Gasteiger partial charge is 0.451 e. The van der Waals surface area contributed by atoms with Crippen LogP contribution in [0.5, 0.6) is 0 Å². The summed E-state index contributed by atoms with van der Waals surface area (Å²) in [7, 11) is -3.53. The lowest BCUT2D eigenvalue weighted by Crippen LogP contribution is -2.25. The van der Waals surface area contributed by atoms with Crippen molar-refractivity contribution >= 4 is 21.8 Å². The van der Waals surface area contributed by atoms with Gasteiger partial charge in [-0.2, -0.15) is 0 Å². The van der Waals surface area contributed by atoms with Crippen molar-refractivity contribution in [1.29, 1.82) is 0 Å². The molecule has 0 bridgehead atoms. The molecular weight excluding hydrogens is 294 g/mol. The molecule has 1 N–H and O–H groups in total. The number of nitrogens with one attached hydrogen (secondary N) is 1. The van der Waals surface area contributed by atoms with Crippen LogP contribution in [0.15, 0.2) is 29.2 Å². The van der Waals surface area contributed by atoms with Gasteiger partial charge in [0.15, 0.2) is 11.9 Å². The molecule has 0 heterocycles. The molecule has 1 aliphatic rings. The Morgan fingerprint density at radius 1 is 1.24 bits per heavy atom. The van der Waals surface area contributed by atoms with Crippen molar-refractivity contribution in [2.75, 3.05) is 0 Å². The zero-order valence-corrected chi connectivity index (χ0v) is 12.6. The summed E-state index contributed by atoms with van der Waals surface area (Å²) in [6.45, 7) is 2.82. The normalized spacial score (nSPS) is 16.3. The van der Waals surface area contributed by atoms with Gasteiger partial charge in [0, 0.05) is 6.04 Å². The van der Waals surface area contributed by atoms with Gasteiger partial charge in [0.25, 0.3) is 0 Å². The monoisotopic (exact) mass is 311 g/mol. The molecule has 0 aromatic heterocycles. The lowest BCUT2D eigenvalue weighted by atomic mass is 10.2. The molecule has 0 saturated heterocycles. The lowest BCUT2D eigenvalue weighted by molar-refractivity contribution is -0.124. The topological polar surface area (TPSA) is 89.5 Å². The number of ether oxygens (including phenoxy) is 1. The summed E-state index contributed by atoms with van der Waals surface area (Å²) in [5, 5.41) is 0. The van der Waals surface area contributed by atoms with Gasteiger partial charge < -0.3 is 4.74 Å². The Balaban J connectivity index is 2.07. The molecule has 0 unspecified atom stereocenters. The minimum Gasteiger partial charge on any atom is -0.451 e. The van der Waals surface area contributed by atoms with E-state index in [1.54, 1.807) is 0 Å². The van der Waals surface area contributed by atoms with Crippen molar-refractivity contribution in [2.24, 2.45) is 0 Å². The molecule has 1 aromatic carbocycles. The van der Waals surface area contributed by atoms with Crippen LogP contribution >= 0.6 is 0 Å². The predicted octanol–water partition coefficient (Wildman–Crippen LogP) is 1.26. The molecule has 1 saturated carbocycles.